The maximum Gasteiger partial charge on any atom is 0.242 e. The number of ether oxygens (including phenoxy) is 1. The summed E-state index contributed by atoms with van der Waals surface area (Å²) in [4.78, 5) is 4.41. The van der Waals surface area contributed by atoms with E-state index in [1.807, 2.05) is 28.8 Å². The molecule has 0 bridgehead atoms. The molecule has 0 atom stereocenters. The van der Waals surface area contributed by atoms with Gasteiger partial charge in [-0.15, -0.1) is 11.6 Å². The van der Waals surface area contributed by atoms with Gasteiger partial charge in [-0.05, 0) is 30.3 Å². The maximum atomic E-state index is 8.90. The number of rotatable bonds is 3. The smallest absolute Gasteiger partial charge is 0.242 e. The van der Waals surface area contributed by atoms with E-state index in [-0.39, 0.29) is 0 Å². The Balaban J connectivity index is 2.04. The zero-order chi connectivity index (χ0) is 13.9. The van der Waals surface area contributed by atoms with E-state index < -0.39 is 0 Å². The molecule has 1 aromatic carbocycles. The molecule has 2 aromatic heterocycles. The highest BCUT2D eigenvalue weighted by atomic mass is 35.5. The third-order valence-corrected chi connectivity index (χ3v) is 3.15. The molecule has 0 aliphatic rings. The first-order chi connectivity index (χ1) is 9.81. The predicted molar refractivity (Wildman–Crippen MR) is 76.0 cm³/mol. The second kappa shape index (κ2) is 5.24. The fraction of sp³-hybridized carbons (Fsp3) is 0.0667. The highest BCUT2D eigenvalue weighted by molar-refractivity contribution is 6.17. The van der Waals surface area contributed by atoms with Gasteiger partial charge in [-0.25, -0.2) is 0 Å². The minimum absolute atomic E-state index is 0.290. The molecule has 20 heavy (non-hydrogen) atoms. The SMILES string of the molecule is N#Cc1cccc(Oc2nc3ccccn3c2CCl)c1. The summed E-state index contributed by atoms with van der Waals surface area (Å²) in [6, 6.07) is 14.7. The molecule has 0 N–H and O–H groups in total. The molecular formula is C15H10ClN3O. The number of pyridine rings is 1. The van der Waals surface area contributed by atoms with E-state index in [1.54, 1.807) is 24.3 Å². The van der Waals surface area contributed by atoms with Gasteiger partial charge in [-0.3, -0.25) is 4.40 Å². The van der Waals surface area contributed by atoms with Crippen molar-refractivity contribution in [2.24, 2.45) is 0 Å². The van der Waals surface area contributed by atoms with Crippen molar-refractivity contribution in [3.05, 3.63) is 59.9 Å². The Bertz CT molecular complexity index is 804. The second-order valence-electron chi connectivity index (χ2n) is 4.17. The van der Waals surface area contributed by atoms with Crippen molar-refractivity contribution in [2.75, 3.05) is 0 Å². The van der Waals surface area contributed by atoms with Crippen LogP contribution in [0.25, 0.3) is 5.65 Å². The summed E-state index contributed by atoms with van der Waals surface area (Å²) in [6.07, 6.45) is 1.89. The number of halogens is 1. The summed E-state index contributed by atoms with van der Waals surface area (Å²) < 4.78 is 7.65. The van der Waals surface area contributed by atoms with Crippen LogP contribution in [-0.4, -0.2) is 9.38 Å². The zero-order valence-corrected chi connectivity index (χ0v) is 11.2. The van der Waals surface area contributed by atoms with Gasteiger partial charge in [-0.1, -0.05) is 12.1 Å². The fourth-order valence-corrected chi connectivity index (χ4v) is 2.21. The molecule has 0 aliphatic carbocycles. The van der Waals surface area contributed by atoms with E-state index in [9.17, 15) is 0 Å². The summed E-state index contributed by atoms with van der Waals surface area (Å²) in [5.74, 6) is 1.32. The Hall–Kier alpha value is -2.51. The van der Waals surface area contributed by atoms with Crippen molar-refractivity contribution in [2.45, 2.75) is 5.88 Å². The van der Waals surface area contributed by atoms with Gasteiger partial charge >= 0.3 is 0 Å². The summed E-state index contributed by atoms with van der Waals surface area (Å²) >= 11 is 5.98. The molecular weight excluding hydrogens is 274 g/mol. The lowest BCUT2D eigenvalue weighted by Crippen LogP contribution is -1.92. The van der Waals surface area contributed by atoms with Crippen molar-refractivity contribution in [3.63, 3.8) is 0 Å². The zero-order valence-electron chi connectivity index (χ0n) is 10.5. The lowest BCUT2D eigenvalue weighted by molar-refractivity contribution is 0.461. The van der Waals surface area contributed by atoms with E-state index >= 15 is 0 Å². The molecule has 2 heterocycles. The number of nitriles is 1. The molecule has 0 aliphatic heterocycles. The van der Waals surface area contributed by atoms with Crippen molar-refractivity contribution >= 4 is 17.2 Å². The van der Waals surface area contributed by atoms with Crippen molar-refractivity contribution in [1.29, 1.82) is 5.26 Å². The number of benzene rings is 1. The van der Waals surface area contributed by atoms with E-state index in [2.05, 4.69) is 11.1 Å². The van der Waals surface area contributed by atoms with Crippen LogP contribution in [-0.2, 0) is 5.88 Å². The van der Waals surface area contributed by atoms with Crippen LogP contribution >= 0.6 is 11.6 Å². The van der Waals surface area contributed by atoms with Crippen LogP contribution in [0.2, 0.25) is 0 Å². The average Bonchev–Trinajstić information content (AvgIpc) is 2.84. The Labute approximate surface area is 120 Å². The quantitative estimate of drug-likeness (QED) is 0.688. The number of hydrogen-bond acceptors (Lipinski definition) is 3. The molecule has 3 aromatic rings. The number of alkyl halides is 1. The van der Waals surface area contributed by atoms with Crippen molar-refractivity contribution in [1.82, 2.24) is 9.38 Å². The number of imidazole rings is 1. The van der Waals surface area contributed by atoms with E-state index in [1.165, 1.54) is 0 Å². The Morgan fingerprint density at radius 1 is 1.25 bits per heavy atom. The predicted octanol–water partition coefficient (Wildman–Crippen LogP) is 3.74. The molecule has 0 amide bonds. The number of hydrogen-bond donors (Lipinski definition) is 0. The monoisotopic (exact) mass is 283 g/mol. The van der Waals surface area contributed by atoms with Crippen LogP contribution in [0.4, 0.5) is 0 Å². The van der Waals surface area contributed by atoms with Crippen molar-refractivity contribution in [3.8, 4) is 17.7 Å². The van der Waals surface area contributed by atoms with Crippen LogP contribution < -0.4 is 4.74 Å². The standard InChI is InChI=1S/C15H10ClN3O/c16-9-13-15(18-14-6-1-2-7-19(13)14)20-12-5-3-4-11(8-12)10-17/h1-8H,9H2. The van der Waals surface area contributed by atoms with E-state index in [0.29, 0.717) is 23.1 Å². The Kier molecular flexibility index (Phi) is 3.28. The molecule has 0 saturated carbocycles. The van der Waals surface area contributed by atoms with Gasteiger partial charge in [0.25, 0.3) is 0 Å². The van der Waals surface area contributed by atoms with Gasteiger partial charge in [0.2, 0.25) is 5.88 Å². The van der Waals surface area contributed by atoms with Gasteiger partial charge in [0.1, 0.15) is 17.1 Å². The fourth-order valence-electron chi connectivity index (χ4n) is 1.97. The highest BCUT2D eigenvalue weighted by Crippen LogP contribution is 2.27. The largest absolute Gasteiger partial charge is 0.437 e. The Morgan fingerprint density at radius 3 is 2.95 bits per heavy atom. The molecule has 0 radical (unpaired) electrons. The molecule has 5 heteroatoms. The van der Waals surface area contributed by atoms with Crippen LogP contribution in [0.5, 0.6) is 11.6 Å². The normalized spacial score (nSPS) is 10.4. The summed E-state index contributed by atoms with van der Waals surface area (Å²) in [6.45, 7) is 0. The highest BCUT2D eigenvalue weighted by Gasteiger charge is 2.13. The summed E-state index contributed by atoms with van der Waals surface area (Å²) in [5.41, 5.74) is 2.10. The average molecular weight is 284 g/mol. The van der Waals surface area contributed by atoms with Crippen LogP contribution in [0.15, 0.2) is 48.7 Å². The van der Waals surface area contributed by atoms with Gasteiger partial charge < -0.3 is 4.74 Å². The number of aromatic nitrogens is 2. The molecule has 4 nitrogen and oxygen atoms in total. The minimum Gasteiger partial charge on any atom is -0.437 e. The van der Waals surface area contributed by atoms with E-state index in [0.717, 1.165) is 11.3 Å². The van der Waals surface area contributed by atoms with Gasteiger partial charge in [0, 0.05) is 6.20 Å². The minimum atomic E-state index is 0.290. The first-order valence-electron chi connectivity index (χ1n) is 6.02. The van der Waals surface area contributed by atoms with Gasteiger partial charge in [0.05, 0.1) is 17.5 Å². The molecule has 0 fully saturated rings. The summed E-state index contributed by atoms with van der Waals surface area (Å²) in [7, 11) is 0. The topological polar surface area (TPSA) is 50.3 Å². The maximum absolute atomic E-state index is 8.90. The summed E-state index contributed by atoms with van der Waals surface area (Å²) in [5, 5.41) is 8.90. The van der Waals surface area contributed by atoms with Gasteiger partial charge in [-0.2, -0.15) is 10.2 Å². The molecule has 0 saturated heterocycles. The van der Waals surface area contributed by atoms with Crippen molar-refractivity contribution < 1.29 is 4.74 Å². The molecule has 0 unspecified atom stereocenters. The van der Waals surface area contributed by atoms with Gasteiger partial charge in [0.15, 0.2) is 0 Å². The first-order valence-corrected chi connectivity index (χ1v) is 6.55. The first kappa shape index (κ1) is 12.5. The lowest BCUT2D eigenvalue weighted by atomic mass is 10.2. The third-order valence-electron chi connectivity index (χ3n) is 2.90. The Morgan fingerprint density at radius 2 is 2.15 bits per heavy atom. The molecule has 3 rings (SSSR count). The van der Waals surface area contributed by atoms with Crippen LogP contribution in [0, 0.1) is 11.3 Å². The molecule has 0 spiro atoms. The number of fused-ring (bicyclic) bond motifs is 1. The molecule has 98 valence electrons. The second-order valence-corrected chi connectivity index (χ2v) is 4.44. The van der Waals surface area contributed by atoms with Crippen LogP contribution in [0.1, 0.15) is 11.3 Å². The number of nitrogens with zero attached hydrogens (tertiary/aromatic N) is 3. The lowest BCUT2D eigenvalue weighted by Gasteiger charge is -2.04. The van der Waals surface area contributed by atoms with Crippen LogP contribution in [0.3, 0.4) is 0 Å². The van der Waals surface area contributed by atoms with E-state index in [4.69, 9.17) is 21.6 Å². The third kappa shape index (κ3) is 2.20.